The molecule has 1 aromatic carbocycles. The second kappa shape index (κ2) is 6.94. The summed E-state index contributed by atoms with van der Waals surface area (Å²) in [5.41, 5.74) is 2.42. The van der Waals surface area contributed by atoms with Gasteiger partial charge < -0.3 is 15.0 Å². The maximum absolute atomic E-state index is 6.08. The molecular formula is C16H19ClN4O. The van der Waals surface area contributed by atoms with Crippen LogP contribution in [0.3, 0.4) is 0 Å². The zero-order valence-electron chi connectivity index (χ0n) is 12.5. The topological polar surface area (TPSA) is 50.3 Å². The number of nitrogens with one attached hydrogen (secondary N) is 1. The van der Waals surface area contributed by atoms with Gasteiger partial charge in [-0.3, -0.25) is 0 Å². The molecule has 6 heteroatoms. The normalized spacial score (nSPS) is 16.4. The van der Waals surface area contributed by atoms with E-state index in [4.69, 9.17) is 16.3 Å². The van der Waals surface area contributed by atoms with Crippen LogP contribution in [0.15, 0.2) is 36.8 Å². The van der Waals surface area contributed by atoms with Crippen molar-refractivity contribution < 1.29 is 4.74 Å². The first kappa shape index (κ1) is 15.1. The van der Waals surface area contributed by atoms with Crippen molar-refractivity contribution in [2.75, 3.05) is 36.5 Å². The first-order valence-corrected chi connectivity index (χ1v) is 7.76. The molecular weight excluding hydrogens is 300 g/mol. The molecule has 116 valence electrons. The van der Waals surface area contributed by atoms with Crippen LogP contribution in [0.25, 0.3) is 0 Å². The second-order valence-corrected chi connectivity index (χ2v) is 5.68. The summed E-state index contributed by atoms with van der Waals surface area (Å²) in [6.45, 7) is 5.58. The summed E-state index contributed by atoms with van der Waals surface area (Å²) in [6, 6.07) is 8.70. The maximum Gasteiger partial charge on any atom is 0.148 e. The summed E-state index contributed by atoms with van der Waals surface area (Å²) in [4.78, 5) is 10.4. The Morgan fingerprint density at radius 1 is 1.23 bits per heavy atom. The van der Waals surface area contributed by atoms with Crippen molar-refractivity contribution in [3.8, 4) is 0 Å². The van der Waals surface area contributed by atoms with E-state index in [0.29, 0.717) is 10.8 Å². The van der Waals surface area contributed by atoms with Crippen molar-refractivity contribution in [1.29, 1.82) is 0 Å². The van der Waals surface area contributed by atoms with E-state index in [1.165, 1.54) is 17.6 Å². The fourth-order valence-electron chi connectivity index (χ4n) is 2.50. The molecule has 3 rings (SSSR count). The highest BCUT2D eigenvalue weighted by molar-refractivity contribution is 6.32. The zero-order chi connectivity index (χ0) is 15.4. The Morgan fingerprint density at radius 3 is 2.64 bits per heavy atom. The van der Waals surface area contributed by atoms with Crippen LogP contribution in [0.4, 0.5) is 11.5 Å². The average molecular weight is 319 g/mol. The Morgan fingerprint density at radius 2 is 1.95 bits per heavy atom. The van der Waals surface area contributed by atoms with Crippen LogP contribution < -0.4 is 10.2 Å². The van der Waals surface area contributed by atoms with Gasteiger partial charge >= 0.3 is 0 Å². The minimum absolute atomic E-state index is 0.117. The van der Waals surface area contributed by atoms with Crippen molar-refractivity contribution >= 4 is 23.1 Å². The average Bonchev–Trinajstić information content (AvgIpc) is 2.58. The van der Waals surface area contributed by atoms with Crippen molar-refractivity contribution in [3.63, 3.8) is 0 Å². The molecule has 0 saturated carbocycles. The van der Waals surface area contributed by atoms with Gasteiger partial charge in [0.25, 0.3) is 0 Å². The third-order valence-corrected chi connectivity index (χ3v) is 4.07. The Hall–Kier alpha value is -1.85. The molecule has 1 aromatic heterocycles. The van der Waals surface area contributed by atoms with Gasteiger partial charge in [-0.1, -0.05) is 23.7 Å². The zero-order valence-corrected chi connectivity index (χ0v) is 13.3. The maximum atomic E-state index is 6.08. The van der Waals surface area contributed by atoms with Crippen molar-refractivity contribution in [3.05, 3.63) is 47.4 Å². The van der Waals surface area contributed by atoms with E-state index < -0.39 is 0 Å². The van der Waals surface area contributed by atoms with E-state index in [9.17, 15) is 0 Å². The highest BCUT2D eigenvalue weighted by Gasteiger charge is 2.12. The third-order valence-electron chi connectivity index (χ3n) is 3.79. The first-order valence-electron chi connectivity index (χ1n) is 7.39. The van der Waals surface area contributed by atoms with Crippen molar-refractivity contribution in [2.24, 2.45) is 0 Å². The minimum Gasteiger partial charge on any atom is -0.378 e. The lowest BCUT2D eigenvalue weighted by Gasteiger charge is -2.29. The van der Waals surface area contributed by atoms with E-state index in [2.05, 4.69) is 51.4 Å². The Bertz CT molecular complexity index is 614. The fraction of sp³-hybridized carbons (Fsp3) is 0.375. The van der Waals surface area contributed by atoms with E-state index in [0.717, 1.165) is 26.3 Å². The highest BCUT2D eigenvalue weighted by atomic mass is 35.5. The lowest BCUT2D eigenvalue weighted by molar-refractivity contribution is 0.122. The summed E-state index contributed by atoms with van der Waals surface area (Å²) < 4.78 is 5.38. The quantitative estimate of drug-likeness (QED) is 0.938. The van der Waals surface area contributed by atoms with Crippen LogP contribution in [0.2, 0.25) is 5.02 Å². The van der Waals surface area contributed by atoms with Crippen molar-refractivity contribution in [2.45, 2.75) is 13.0 Å². The summed E-state index contributed by atoms with van der Waals surface area (Å²) in [6.07, 6.45) is 3.08. The third kappa shape index (κ3) is 3.48. The molecule has 22 heavy (non-hydrogen) atoms. The molecule has 0 bridgehead atoms. The number of anilines is 2. The number of hydrogen-bond donors (Lipinski definition) is 1. The van der Waals surface area contributed by atoms with Gasteiger partial charge in [0.1, 0.15) is 17.2 Å². The molecule has 0 spiro atoms. The summed E-state index contributed by atoms with van der Waals surface area (Å²) in [7, 11) is 0. The monoisotopic (exact) mass is 318 g/mol. The highest BCUT2D eigenvalue weighted by Crippen LogP contribution is 2.25. The van der Waals surface area contributed by atoms with E-state index in [-0.39, 0.29) is 6.04 Å². The summed E-state index contributed by atoms with van der Waals surface area (Å²) in [5, 5.41) is 3.84. The minimum atomic E-state index is 0.117. The molecule has 5 nitrogen and oxygen atoms in total. The number of rotatable bonds is 4. The number of benzene rings is 1. The van der Waals surface area contributed by atoms with E-state index >= 15 is 0 Å². The molecule has 0 aliphatic carbocycles. The van der Waals surface area contributed by atoms with Gasteiger partial charge in [-0.2, -0.15) is 0 Å². The fourth-order valence-corrected chi connectivity index (χ4v) is 2.66. The van der Waals surface area contributed by atoms with E-state index in [1.54, 1.807) is 6.20 Å². The molecule has 0 amide bonds. The van der Waals surface area contributed by atoms with Gasteiger partial charge in [0.2, 0.25) is 0 Å². The number of ether oxygens (including phenoxy) is 1. The molecule has 1 aliphatic rings. The van der Waals surface area contributed by atoms with Crippen LogP contribution in [0, 0.1) is 0 Å². The largest absolute Gasteiger partial charge is 0.378 e. The number of halogens is 1. The smallest absolute Gasteiger partial charge is 0.148 e. The molecule has 2 aromatic rings. The predicted octanol–water partition coefficient (Wildman–Crippen LogP) is 3.14. The van der Waals surface area contributed by atoms with Gasteiger partial charge in [-0.15, -0.1) is 0 Å². The Labute approximate surface area is 135 Å². The molecule has 1 unspecified atom stereocenters. The van der Waals surface area contributed by atoms with Crippen molar-refractivity contribution in [1.82, 2.24) is 9.97 Å². The van der Waals surface area contributed by atoms with E-state index in [1.807, 2.05) is 0 Å². The Balaban J connectivity index is 1.68. The molecule has 1 atom stereocenters. The lowest BCUT2D eigenvalue weighted by Crippen LogP contribution is -2.36. The van der Waals surface area contributed by atoms with Gasteiger partial charge in [0.05, 0.1) is 19.4 Å². The predicted molar refractivity (Wildman–Crippen MR) is 88.6 cm³/mol. The number of morpholine rings is 1. The van der Waals surface area contributed by atoms with Crippen LogP contribution in [-0.2, 0) is 4.74 Å². The molecule has 1 aliphatic heterocycles. The molecule has 1 fully saturated rings. The van der Waals surface area contributed by atoms with Crippen LogP contribution in [0.1, 0.15) is 18.5 Å². The SMILES string of the molecule is CC(Nc1ncncc1Cl)c1ccc(N2CCOCC2)cc1. The van der Waals surface area contributed by atoms with Gasteiger partial charge in [-0.25, -0.2) is 9.97 Å². The Kier molecular flexibility index (Phi) is 4.75. The summed E-state index contributed by atoms with van der Waals surface area (Å²) >= 11 is 6.08. The van der Waals surface area contributed by atoms with Gasteiger partial charge in [-0.05, 0) is 24.6 Å². The standard InChI is InChI=1S/C16H19ClN4O/c1-12(20-16-15(17)10-18-11-19-16)13-2-4-14(5-3-13)21-6-8-22-9-7-21/h2-5,10-12H,6-9H2,1H3,(H,18,19,20). The van der Waals surface area contributed by atoms with Gasteiger partial charge in [0.15, 0.2) is 0 Å². The molecule has 0 radical (unpaired) electrons. The van der Waals surface area contributed by atoms with Crippen LogP contribution in [0.5, 0.6) is 0 Å². The molecule has 1 saturated heterocycles. The molecule has 1 N–H and O–H groups in total. The van der Waals surface area contributed by atoms with Gasteiger partial charge in [0, 0.05) is 24.8 Å². The molecule has 2 heterocycles. The number of hydrogen-bond acceptors (Lipinski definition) is 5. The van der Waals surface area contributed by atoms with Crippen LogP contribution >= 0.6 is 11.6 Å². The second-order valence-electron chi connectivity index (χ2n) is 5.28. The number of aromatic nitrogens is 2. The first-order chi connectivity index (χ1) is 10.7. The summed E-state index contributed by atoms with van der Waals surface area (Å²) in [5.74, 6) is 0.654. The van der Waals surface area contributed by atoms with Crippen LogP contribution in [-0.4, -0.2) is 36.3 Å². The number of nitrogens with zero attached hydrogens (tertiary/aromatic N) is 3. The lowest BCUT2D eigenvalue weighted by atomic mass is 10.1.